The molecule has 3 N–H and O–H groups in total. The highest BCUT2D eigenvalue weighted by Crippen LogP contribution is 2.23. The first-order chi connectivity index (χ1) is 24.9. The Labute approximate surface area is 317 Å². The van der Waals surface area contributed by atoms with E-state index < -0.39 is 16.8 Å². The largest absolute Gasteiger partial charge is 0.382 e. The van der Waals surface area contributed by atoms with Gasteiger partial charge in [0.2, 0.25) is 0 Å². The lowest BCUT2D eigenvalue weighted by Crippen LogP contribution is -2.31. The number of carbonyl (C=O) groups excluding carboxylic acids is 3. The quantitative estimate of drug-likeness (QED) is 0.0484. The van der Waals surface area contributed by atoms with Gasteiger partial charge < -0.3 is 29.5 Å². The van der Waals surface area contributed by atoms with E-state index in [1.165, 1.54) is 47.6 Å². The highest BCUT2D eigenvalue weighted by molar-refractivity contribution is 6.37. The van der Waals surface area contributed by atoms with Gasteiger partial charge in [-0.2, -0.15) is 0 Å². The fraction of sp³-hybridized carbons (Fsp3) is 0.512. The number of aliphatic hydroxyl groups is 3. The fourth-order valence-electron chi connectivity index (χ4n) is 5.91. The van der Waals surface area contributed by atoms with Crippen LogP contribution in [0.3, 0.4) is 0 Å². The van der Waals surface area contributed by atoms with Crippen molar-refractivity contribution in [3.8, 4) is 0 Å². The van der Waals surface area contributed by atoms with E-state index in [1.54, 1.807) is 36.4 Å². The molecule has 0 heterocycles. The zero-order valence-corrected chi connectivity index (χ0v) is 33.9. The minimum Gasteiger partial charge on any atom is -0.382 e. The van der Waals surface area contributed by atoms with Crippen LogP contribution in [0, 0.1) is 0 Å². The van der Waals surface area contributed by atoms with Gasteiger partial charge in [-0.1, -0.05) is 97.2 Å². The van der Waals surface area contributed by atoms with Gasteiger partial charge in [-0.05, 0) is 77.5 Å². The third kappa shape index (κ3) is 15.9. The summed E-state index contributed by atoms with van der Waals surface area (Å²) in [6.45, 7) is 12.3. The molecule has 9 nitrogen and oxygen atoms in total. The van der Waals surface area contributed by atoms with Crippen LogP contribution in [0.5, 0.6) is 0 Å². The Bertz CT molecular complexity index is 1480. The molecule has 0 saturated heterocycles. The summed E-state index contributed by atoms with van der Waals surface area (Å²) in [4.78, 5) is 36.8. The predicted molar refractivity (Wildman–Crippen MR) is 210 cm³/mol. The zero-order valence-electron chi connectivity index (χ0n) is 32.5. The minimum atomic E-state index is -1.40. The molecule has 0 unspecified atom stereocenters. The van der Waals surface area contributed by atoms with Crippen molar-refractivity contribution in [2.75, 3.05) is 19.8 Å². The second-order valence-electron chi connectivity index (χ2n) is 15.6. The van der Waals surface area contributed by atoms with Gasteiger partial charge in [0.05, 0.1) is 19.8 Å². The Hall–Kier alpha value is -3.35. The topological polar surface area (TPSA) is 140 Å². The number of hydrogen-bond acceptors (Lipinski definition) is 9. The molecule has 53 heavy (non-hydrogen) atoms. The van der Waals surface area contributed by atoms with Gasteiger partial charge >= 0.3 is 0 Å². The maximum atomic E-state index is 12.3. The lowest BCUT2D eigenvalue weighted by molar-refractivity contribution is 0.0487. The van der Waals surface area contributed by atoms with Crippen LogP contribution in [0.25, 0.3) is 0 Å². The number of hydrogen-bond donors (Lipinski definition) is 3. The van der Waals surface area contributed by atoms with E-state index in [9.17, 15) is 29.7 Å². The monoisotopic (exact) mass is 748 g/mol. The van der Waals surface area contributed by atoms with Crippen molar-refractivity contribution in [3.05, 3.63) is 106 Å². The average Bonchev–Trinajstić information content (AvgIpc) is 3.11. The van der Waals surface area contributed by atoms with E-state index in [1.807, 2.05) is 36.4 Å². The van der Waals surface area contributed by atoms with E-state index in [0.717, 1.165) is 48.8 Å². The molecule has 0 aliphatic carbocycles. The molecule has 0 aliphatic rings. The van der Waals surface area contributed by atoms with Gasteiger partial charge in [0.25, 0.3) is 0 Å². The molecule has 0 radical (unpaired) electrons. The van der Waals surface area contributed by atoms with Crippen molar-refractivity contribution in [1.82, 2.24) is 0 Å². The summed E-state index contributed by atoms with van der Waals surface area (Å²) in [6.07, 6.45) is 5.12. The maximum Gasteiger partial charge on any atom is 0.193 e. The first kappa shape index (κ1) is 44.0. The van der Waals surface area contributed by atoms with Gasteiger partial charge in [-0.15, -0.1) is 0 Å². The Kier molecular flexibility index (Phi) is 17.4. The van der Waals surface area contributed by atoms with Crippen LogP contribution < -0.4 is 0 Å². The molecule has 3 aromatic rings. The van der Waals surface area contributed by atoms with E-state index in [2.05, 4.69) is 0 Å². The first-order valence-corrected chi connectivity index (χ1v) is 20.6. The van der Waals surface area contributed by atoms with E-state index >= 15 is 0 Å². The molecule has 290 valence electrons. The summed E-state index contributed by atoms with van der Waals surface area (Å²) in [7, 11) is -0.369. The van der Waals surface area contributed by atoms with E-state index in [0.29, 0.717) is 61.9 Å². The molecule has 0 atom stereocenters. The standard InChI is InChI=1S/C43H60O9Si/c1-41(2,47)38(44)34-18-12-31(13-19-34)28-50-24-7-10-37(11-8-25-51-29-32-14-20-35(21-15-32)39(45)42(3,4)48)53-27-9-26-52-30-33-16-22-36(23-17-33)40(46)43(5,6)49/h12-23,37,47-49H,7-11,24-30,53H2,1-6H3. The molecule has 0 spiro atoms. The van der Waals surface area contributed by atoms with Crippen LogP contribution in [-0.2, 0) is 34.0 Å². The Morgan fingerprint density at radius 1 is 0.509 bits per heavy atom. The predicted octanol–water partition coefficient (Wildman–Crippen LogP) is 6.82. The number of ketones is 3. The second kappa shape index (κ2) is 20.9. The molecule has 0 aromatic heterocycles. The summed E-state index contributed by atoms with van der Waals surface area (Å²) in [5.74, 6) is -0.915. The van der Waals surface area contributed by atoms with Crippen LogP contribution in [0.2, 0.25) is 11.6 Å². The normalized spacial score (nSPS) is 12.6. The van der Waals surface area contributed by atoms with Crippen molar-refractivity contribution in [2.45, 2.75) is 122 Å². The van der Waals surface area contributed by atoms with Crippen LogP contribution in [0.1, 0.15) is 121 Å². The lowest BCUT2D eigenvalue weighted by atomic mass is 9.96. The van der Waals surface area contributed by atoms with Crippen molar-refractivity contribution < 1.29 is 43.9 Å². The summed E-state index contributed by atoms with van der Waals surface area (Å²) >= 11 is 0. The molecule has 10 heteroatoms. The smallest absolute Gasteiger partial charge is 0.193 e. The number of benzene rings is 3. The molecular weight excluding hydrogens is 689 g/mol. The van der Waals surface area contributed by atoms with Crippen LogP contribution in [-0.4, -0.2) is 78.8 Å². The summed E-state index contributed by atoms with van der Waals surface area (Å²) < 4.78 is 17.9. The van der Waals surface area contributed by atoms with Crippen molar-refractivity contribution in [2.24, 2.45) is 0 Å². The molecule has 0 bridgehead atoms. The average molecular weight is 749 g/mol. The molecule has 0 saturated carbocycles. The van der Waals surface area contributed by atoms with Gasteiger partial charge in [0.1, 0.15) is 16.8 Å². The van der Waals surface area contributed by atoms with Crippen LogP contribution in [0.15, 0.2) is 72.8 Å². The number of Topliss-reactive ketones (excluding diaryl/α,β-unsaturated/α-hetero) is 3. The molecular formula is C43H60O9Si. The molecule has 0 aliphatic heterocycles. The maximum absolute atomic E-state index is 12.3. The third-order valence-corrected chi connectivity index (χ3v) is 11.6. The minimum absolute atomic E-state index is 0.303. The van der Waals surface area contributed by atoms with Crippen molar-refractivity contribution in [1.29, 1.82) is 0 Å². The number of carbonyl (C=O) groups is 3. The summed E-state index contributed by atoms with van der Waals surface area (Å²) in [5.41, 5.74) is 0.859. The van der Waals surface area contributed by atoms with Gasteiger partial charge in [0.15, 0.2) is 17.3 Å². The molecule has 3 aromatic carbocycles. The highest BCUT2D eigenvalue weighted by atomic mass is 28.2. The van der Waals surface area contributed by atoms with Gasteiger partial charge in [0, 0.05) is 46.0 Å². The summed E-state index contributed by atoms with van der Waals surface area (Å²) in [6, 6.07) is 22.8. The van der Waals surface area contributed by atoms with Crippen LogP contribution >= 0.6 is 0 Å². The van der Waals surface area contributed by atoms with E-state index in [-0.39, 0.29) is 26.9 Å². The molecule has 3 rings (SSSR count). The summed E-state index contributed by atoms with van der Waals surface area (Å²) in [5, 5.41) is 29.9. The first-order valence-electron chi connectivity index (χ1n) is 18.8. The number of ether oxygens (including phenoxy) is 3. The second-order valence-corrected chi connectivity index (χ2v) is 18.0. The molecule has 0 fully saturated rings. The lowest BCUT2D eigenvalue weighted by Gasteiger charge is -2.17. The van der Waals surface area contributed by atoms with Crippen LogP contribution in [0.4, 0.5) is 0 Å². The Morgan fingerprint density at radius 3 is 1.08 bits per heavy atom. The SMILES string of the molecule is CC(C)(O)C(=O)c1ccc(COCCC[SiH2]C(CCCOCc2ccc(C(=O)C(C)(C)O)cc2)CCCOCc2ccc(C(=O)C(C)(C)O)cc2)cc1. The molecule has 0 amide bonds. The fourth-order valence-corrected chi connectivity index (χ4v) is 8.13. The van der Waals surface area contributed by atoms with E-state index in [4.69, 9.17) is 14.2 Å². The third-order valence-electron chi connectivity index (χ3n) is 9.07. The van der Waals surface area contributed by atoms with Gasteiger partial charge in [-0.3, -0.25) is 14.4 Å². The zero-order chi connectivity index (χ0) is 39.1. The Balaban J connectivity index is 1.41. The number of rotatable bonds is 25. The highest BCUT2D eigenvalue weighted by Gasteiger charge is 2.26. The Morgan fingerprint density at radius 2 is 0.792 bits per heavy atom. The van der Waals surface area contributed by atoms with Crippen molar-refractivity contribution >= 4 is 26.9 Å². The van der Waals surface area contributed by atoms with Crippen molar-refractivity contribution in [3.63, 3.8) is 0 Å². The van der Waals surface area contributed by atoms with Gasteiger partial charge in [-0.25, -0.2) is 0 Å².